The number of aromatic nitrogens is 1. The topological polar surface area (TPSA) is 89.8 Å². The summed E-state index contributed by atoms with van der Waals surface area (Å²) in [6.07, 6.45) is -4.89. The van der Waals surface area contributed by atoms with Crippen LogP contribution in [0.15, 0.2) is 66.7 Å². The summed E-state index contributed by atoms with van der Waals surface area (Å²) in [4.78, 5) is 25.0. The summed E-state index contributed by atoms with van der Waals surface area (Å²) in [7, 11) is 1.51. The van der Waals surface area contributed by atoms with Crippen molar-refractivity contribution in [1.82, 2.24) is 4.57 Å². The fraction of sp³-hybridized carbons (Fsp3) is 0.241. The van der Waals surface area contributed by atoms with Gasteiger partial charge in [0.2, 0.25) is 0 Å². The number of nitrogens with zero attached hydrogens (tertiary/aromatic N) is 1. The minimum absolute atomic E-state index is 0. The molecule has 0 amide bonds. The van der Waals surface area contributed by atoms with E-state index in [1.54, 1.807) is 60.0 Å². The van der Waals surface area contributed by atoms with Gasteiger partial charge < -0.3 is 28.7 Å². The van der Waals surface area contributed by atoms with E-state index in [2.05, 4.69) is 4.74 Å². The second-order valence-corrected chi connectivity index (χ2v) is 9.38. The molecule has 0 saturated carbocycles. The zero-order valence-corrected chi connectivity index (χ0v) is 24.6. The normalized spacial score (nSPS) is 11.6. The number of carbonyl (C=O) groups is 2. The van der Waals surface area contributed by atoms with Gasteiger partial charge in [0.25, 0.3) is 0 Å². The molecule has 7 nitrogen and oxygen atoms in total. The summed E-state index contributed by atoms with van der Waals surface area (Å²) >= 11 is 0. The fourth-order valence-corrected chi connectivity index (χ4v) is 4.26. The molecule has 4 aromatic rings. The van der Waals surface area contributed by atoms with Gasteiger partial charge in [-0.3, -0.25) is 4.79 Å². The van der Waals surface area contributed by atoms with E-state index in [4.69, 9.17) is 9.47 Å². The molecule has 0 unspecified atom stereocenters. The molecule has 3 aromatic carbocycles. The number of ketones is 1. The van der Waals surface area contributed by atoms with Crippen LogP contribution in [0.2, 0.25) is 0 Å². The Hall–Kier alpha value is -3.47. The quantitative estimate of drug-likeness (QED) is 0.229. The van der Waals surface area contributed by atoms with Crippen molar-refractivity contribution in [1.29, 1.82) is 0 Å². The van der Waals surface area contributed by atoms with Crippen LogP contribution in [0.5, 0.6) is 17.2 Å². The molecule has 1 aromatic heterocycles. The van der Waals surface area contributed by atoms with Gasteiger partial charge in [-0.2, -0.15) is 0 Å². The molecule has 40 heavy (non-hydrogen) atoms. The van der Waals surface area contributed by atoms with Gasteiger partial charge in [-0.15, -0.1) is 13.2 Å². The van der Waals surface area contributed by atoms with Gasteiger partial charge >= 0.3 is 35.9 Å². The maximum absolute atomic E-state index is 13.6. The van der Waals surface area contributed by atoms with Crippen molar-refractivity contribution in [3.05, 3.63) is 89.1 Å². The number of carboxylic acids is 1. The summed E-state index contributed by atoms with van der Waals surface area (Å²) in [6.45, 7) is 4.58. The van der Waals surface area contributed by atoms with Crippen LogP contribution in [-0.4, -0.2) is 35.4 Å². The minimum atomic E-state index is -4.89. The Morgan fingerprint density at radius 2 is 1.52 bits per heavy atom. The maximum Gasteiger partial charge on any atom is 1.00 e. The van der Waals surface area contributed by atoms with Crippen LogP contribution in [0.4, 0.5) is 13.2 Å². The summed E-state index contributed by atoms with van der Waals surface area (Å²) in [5.41, 5.74) is 0.667. The van der Waals surface area contributed by atoms with Gasteiger partial charge in [0, 0.05) is 29.3 Å². The molecule has 0 N–H and O–H groups in total. The van der Waals surface area contributed by atoms with Crippen LogP contribution in [0.25, 0.3) is 10.9 Å². The van der Waals surface area contributed by atoms with Crippen molar-refractivity contribution in [3.63, 3.8) is 0 Å². The van der Waals surface area contributed by atoms with Gasteiger partial charge in [0.15, 0.2) is 5.78 Å². The van der Waals surface area contributed by atoms with Crippen molar-refractivity contribution in [3.8, 4) is 17.2 Å². The molecule has 1 heterocycles. The molecular weight excluding hydrogens is 538 g/mol. The number of aliphatic carboxylic acids is 1. The summed E-state index contributed by atoms with van der Waals surface area (Å²) in [5.74, 6) is -1.28. The molecule has 0 aliphatic heterocycles. The number of halogens is 3. The fourth-order valence-electron chi connectivity index (χ4n) is 4.26. The number of rotatable bonds is 9. The number of alkyl halides is 3. The van der Waals surface area contributed by atoms with Gasteiger partial charge in [-0.05, 0) is 74.9 Å². The number of carboxylic acid groups (broad SMARTS) is 1. The zero-order chi connectivity index (χ0) is 28.5. The molecule has 0 bridgehead atoms. The van der Waals surface area contributed by atoms with E-state index in [1.807, 2.05) is 0 Å². The zero-order valence-electron chi connectivity index (χ0n) is 22.6. The minimum Gasteiger partial charge on any atom is -0.546 e. The number of ether oxygens (including phenoxy) is 3. The van der Waals surface area contributed by atoms with Crippen LogP contribution in [0, 0.1) is 6.92 Å². The predicted molar refractivity (Wildman–Crippen MR) is 135 cm³/mol. The van der Waals surface area contributed by atoms with Crippen LogP contribution >= 0.6 is 0 Å². The predicted octanol–water partition coefficient (Wildman–Crippen LogP) is 2.05. The molecule has 0 spiro atoms. The molecule has 204 valence electrons. The van der Waals surface area contributed by atoms with Gasteiger partial charge in [0.05, 0.1) is 24.2 Å². The Labute approximate surface area is 250 Å². The Morgan fingerprint density at radius 1 is 0.900 bits per heavy atom. The summed E-state index contributed by atoms with van der Waals surface area (Å²) in [6, 6.07) is 17.0. The number of fused-ring (bicyclic) bond motifs is 1. The molecule has 0 atom stereocenters. The number of methoxy groups -OCH3 is 1. The molecule has 0 fully saturated rings. The van der Waals surface area contributed by atoms with Crippen LogP contribution in [0.1, 0.15) is 41.0 Å². The van der Waals surface area contributed by atoms with Crippen molar-refractivity contribution in [2.75, 3.05) is 7.11 Å². The van der Waals surface area contributed by atoms with Crippen LogP contribution in [0.3, 0.4) is 0 Å². The number of hydrogen-bond acceptors (Lipinski definition) is 6. The second kappa shape index (κ2) is 12.0. The third kappa shape index (κ3) is 6.80. The van der Waals surface area contributed by atoms with E-state index in [0.717, 1.165) is 0 Å². The van der Waals surface area contributed by atoms with E-state index in [-0.39, 0.29) is 47.6 Å². The molecule has 0 saturated heterocycles. The average Bonchev–Trinajstić information content (AvgIpc) is 3.13. The largest absolute Gasteiger partial charge is 1.00 e. The first-order valence-corrected chi connectivity index (χ1v) is 11.9. The Balaban J connectivity index is 0.00000441. The van der Waals surface area contributed by atoms with Crippen molar-refractivity contribution < 1.29 is 71.6 Å². The third-order valence-electron chi connectivity index (χ3n) is 6.21. The van der Waals surface area contributed by atoms with E-state index in [0.29, 0.717) is 39.0 Å². The molecule has 4 rings (SSSR count). The molecule has 11 heteroatoms. The summed E-state index contributed by atoms with van der Waals surface area (Å²) in [5, 5.41) is 11.8. The van der Waals surface area contributed by atoms with Crippen molar-refractivity contribution in [2.45, 2.75) is 39.3 Å². The third-order valence-corrected chi connectivity index (χ3v) is 6.21. The molecule has 0 aliphatic carbocycles. The number of benzene rings is 3. The monoisotopic (exact) mass is 563 g/mol. The smallest absolute Gasteiger partial charge is 0.546 e. The standard InChI is InChI=1S/C29H26F3NO6.Na/c1-17-25(26(34)19-8-10-20(37-4)11-9-19)23-13-12-22(39-29(30,31)32)15-24(23)33(17)16-18-6-5-7-21(14-18)38-28(2,3)27(35)36;/h5-15H,16H2,1-4H3,(H,35,36);/q;+1/p-1. The molecule has 0 aliphatic rings. The van der Waals surface area contributed by atoms with Crippen molar-refractivity contribution in [2.24, 2.45) is 0 Å². The van der Waals surface area contributed by atoms with Crippen LogP contribution < -0.4 is 48.9 Å². The molecular formula is C29H25F3NNaO6. The van der Waals surface area contributed by atoms with Gasteiger partial charge in [-0.1, -0.05) is 12.1 Å². The second-order valence-electron chi connectivity index (χ2n) is 9.38. The van der Waals surface area contributed by atoms with Gasteiger partial charge in [0.1, 0.15) is 22.8 Å². The van der Waals surface area contributed by atoms with Crippen molar-refractivity contribution >= 4 is 22.7 Å². The number of hydrogen-bond donors (Lipinski definition) is 0. The van der Waals surface area contributed by atoms with E-state index in [1.165, 1.54) is 39.2 Å². The van der Waals surface area contributed by atoms with Gasteiger partial charge in [-0.25, -0.2) is 0 Å². The average molecular weight is 564 g/mol. The maximum atomic E-state index is 13.6. The van der Waals surface area contributed by atoms with E-state index >= 15 is 0 Å². The molecule has 0 radical (unpaired) electrons. The first-order valence-electron chi connectivity index (χ1n) is 11.9. The Morgan fingerprint density at radius 3 is 2.12 bits per heavy atom. The Kier molecular flexibility index (Phi) is 9.28. The van der Waals surface area contributed by atoms with Crippen LogP contribution in [-0.2, 0) is 11.3 Å². The van der Waals surface area contributed by atoms with E-state index in [9.17, 15) is 27.9 Å². The number of carbonyl (C=O) groups excluding carboxylic acids is 2. The Bertz CT molecular complexity index is 1540. The first kappa shape index (κ1) is 31.1. The van der Waals surface area contributed by atoms with E-state index < -0.39 is 23.7 Å². The first-order chi connectivity index (χ1) is 18.3. The summed E-state index contributed by atoms with van der Waals surface area (Å²) < 4.78 is 55.5. The SMILES string of the molecule is COc1ccc(C(=O)c2c(C)n(Cc3cccc(OC(C)(C)C(=O)[O-])c3)c3cc(OC(F)(F)F)ccc23)cc1.[Na+].